The Labute approximate surface area is 125 Å². The highest BCUT2D eigenvalue weighted by Crippen LogP contribution is 2.15. The van der Waals surface area contributed by atoms with E-state index in [0.29, 0.717) is 19.5 Å². The van der Waals surface area contributed by atoms with E-state index >= 15 is 0 Å². The Kier molecular flexibility index (Phi) is 5.33. The number of piperazine rings is 1. The summed E-state index contributed by atoms with van der Waals surface area (Å²) in [5.41, 5.74) is 3.23. The molecule has 0 saturated carbocycles. The number of carbonyl (C=O) groups is 2. The SMILES string of the molecule is Cc1ccc(NC(=O)N2CCN(CCC=O)CC2)cc1C. The largest absolute Gasteiger partial charge is 0.322 e. The molecule has 1 aromatic carbocycles. The summed E-state index contributed by atoms with van der Waals surface area (Å²) in [5, 5.41) is 2.95. The van der Waals surface area contributed by atoms with Crippen LogP contribution in [0.15, 0.2) is 18.2 Å². The molecule has 1 aliphatic heterocycles. The Bertz CT molecular complexity index is 508. The summed E-state index contributed by atoms with van der Waals surface area (Å²) >= 11 is 0. The second-order valence-corrected chi connectivity index (χ2v) is 5.51. The van der Waals surface area contributed by atoms with Crippen molar-refractivity contribution in [3.05, 3.63) is 29.3 Å². The molecule has 1 heterocycles. The van der Waals surface area contributed by atoms with Gasteiger partial charge in [-0.1, -0.05) is 6.07 Å². The van der Waals surface area contributed by atoms with E-state index in [1.807, 2.05) is 30.0 Å². The number of amides is 2. The zero-order chi connectivity index (χ0) is 15.2. The van der Waals surface area contributed by atoms with Gasteiger partial charge in [0.2, 0.25) is 0 Å². The van der Waals surface area contributed by atoms with Gasteiger partial charge in [-0.15, -0.1) is 0 Å². The zero-order valence-electron chi connectivity index (χ0n) is 12.8. The summed E-state index contributed by atoms with van der Waals surface area (Å²) in [6.45, 7) is 7.94. The van der Waals surface area contributed by atoms with Gasteiger partial charge in [0, 0.05) is 44.8 Å². The van der Waals surface area contributed by atoms with Gasteiger partial charge in [0.25, 0.3) is 0 Å². The van der Waals surface area contributed by atoms with Gasteiger partial charge in [0.1, 0.15) is 6.29 Å². The molecule has 0 spiro atoms. The number of anilines is 1. The van der Waals surface area contributed by atoms with E-state index in [4.69, 9.17) is 0 Å². The first-order valence-corrected chi connectivity index (χ1v) is 7.39. The number of rotatable bonds is 4. The number of hydrogen-bond acceptors (Lipinski definition) is 3. The van der Waals surface area contributed by atoms with Crippen LogP contribution in [0.1, 0.15) is 17.5 Å². The fourth-order valence-electron chi connectivity index (χ4n) is 2.43. The number of nitrogens with one attached hydrogen (secondary N) is 1. The van der Waals surface area contributed by atoms with Gasteiger partial charge in [-0.05, 0) is 37.1 Å². The van der Waals surface area contributed by atoms with E-state index in [9.17, 15) is 9.59 Å². The Hall–Kier alpha value is -1.88. The summed E-state index contributed by atoms with van der Waals surface area (Å²) in [6, 6.07) is 5.89. The molecule has 1 N–H and O–H groups in total. The summed E-state index contributed by atoms with van der Waals surface area (Å²) in [4.78, 5) is 26.6. The molecular formula is C16H23N3O2. The fourth-order valence-corrected chi connectivity index (χ4v) is 2.43. The predicted octanol–water partition coefficient (Wildman–Crippen LogP) is 2.04. The number of hydrogen-bond donors (Lipinski definition) is 1. The number of urea groups is 1. The standard InChI is InChI=1S/C16H23N3O2/c1-13-4-5-15(12-14(13)2)17-16(21)19-9-7-18(8-10-19)6-3-11-20/h4-5,11-12H,3,6-10H2,1-2H3,(H,17,21). The van der Waals surface area contributed by atoms with Gasteiger partial charge in [0.05, 0.1) is 0 Å². The number of carbonyl (C=O) groups excluding carboxylic acids is 2. The Balaban J connectivity index is 1.84. The van der Waals surface area contributed by atoms with E-state index in [-0.39, 0.29) is 6.03 Å². The normalized spacial score (nSPS) is 15.8. The van der Waals surface area contributed by atoms with Crippen molar-refractivity contribution < 1.29 is 9.59 Å². The lowest BCUT2D eigenvalue weighted by molar-refractivity contribution is -0.108. The molecule has 0 bridgehead atoms. The lowest BCUT2D eigenvalue weighted by atomic mass is 10.1. The molecule has 0 atom stereocenters. The zero-order valence-corrected chi connectivity index (χ0v) is 12.8. The summed E-state index contributed by atoms with van der Waals surface area (Å²) in [6.07, 6.45) is 1.51. The predicted molar refractivity (Wildman–Crippen MR) is 83.6 cm³/mol. The molecule has 2 rings (SSSR count). The van der Waals surface area contributed by atoms with Gasteiger partial charge in [-0.3, -0.25) is 4.90 Å². The maximum atomic E-state index is 12.2. The highest BCUT2D eigenvalue weighted by molar-refractivity contribution is 5.89. The molecule has 2 amide bonds. The lowest BCUT2D eigenvalue weighted by Crippen LogP contribution is -2.50. The highest BCUT2D eigenvalue weighted by Gasteiger charge is 2.20. The van der Waals surface area contributed by atoms with E-state index in [2.05, 4.69) is 17.1 Å². The molecule has 21 heavy (non-hydrogen) atoms. The van der Waals surface area contributed by atoms with Gasteiger partial charge in [-0.25, -0.2) is 4.79 Å². The molecule has 1 aromatic rings. The molecular weight excluding hydrogens is 266 g/mol. The van der Waals surface area contributed by atoms with Crippen LogP contribution in [0.2, 0.25) is 0 Å². The molecule has 5 nitrogen and oxygen atoms in total. The molecule has 1 saturated heterocycles. The molecule has 0 aromatic heterocycles. The van der Waals surface area contributed by atoms with Crippen LogP contribution in [0.4, 0.5) is 10.5 Å². The molecule has 0 unspecified atom stereocenters. The van der Waals surface area contributed by atoms with Gasteiger partial charge >= 0.3 is 6.03 Å². The summed E-state index contributed by atoms with van der Waals surface area (Å²) in [7, 11) is 0. The average Bonchev–Trinajstić information content (AvgIpc) is 2.49. The minimum atomic E-state index is -0.0479. The third-order valence-corrected chi connectivity index (χ3v) is 3.98. The van der Waals surface area contributed by atoms with Crippen LogP contribution < -0.4 is 5.32 Å². The first-order chi connectivity index (χ1) is 10.1. The van der Waals surface area contributed by atoms with Crippen molar-refractivity contribution in [3.8, 4) is 0 Å². The molecule has 1 fully saturated rings. The van der Waals surface area contributed by atoms with Crippen molar-refractivity contribution >= 4 is 18.0 Å². The van der Waals surface area contributed by atoms with Crippen LogP contribution in [0.3, 0.4) is 0 Å². The fraction of sp³-hybridized carbons (Fsp3) is 0.500. The van der Waals surface area contributed by atoms with Crippen molar-refractivity contribution in [1.82, 2.24) is 9.80 Å². The van der Waals surface area contributed by atoms with E-state index < -0.39 is 0 Å². The van der Waals surface area contributed by atoms with E-state index in [0.717, 1.165) is 31.6 Å². The van der Waals surface area contributed by atoms with Crippen molar-refractivity contribution in [2.45, 2.75) is 20.3 Å². The monoisotopic (exact) mass is 289 g/mol. The van der Waals surface area contributed by atoms with Crippen LogP contribution in [0.25, 0.3) is 0 Å². The molecule has 0 radical (unpaired) electrons. The topological polar surface area (TPSA) is 52.7 Å². The third-order valence-electron chi connectivity index (χ3n) is 3.98. The van der Waals surface area contributed by atoms with Crippen LogP contribution in [0, 0.1) is 13.8 Å². The minimum absolute atomic E-state index is 0.0479. The maximum absolute atomic E-state index is 12.2. The first kappa shape index (κ1) is 15.5. The van der Waals surface area contributed by atoms with Crippen molar-refractivity contribution in [1.29, 1.82) is 0 Å². The molecule has 114 valence electrons. The van der Waals surface area contributed by atoms with E-state index in [1.54, 1.807) is 0 Å². The Morgan fingerprint density at radius 1 is 1.19 bits per heavy atom. The first-order valence-electron chi connectivity index (χ1n) is 7.39. The van der Waals surface area contributed by atoms with Crippen molar-refractivity contribution in [2.75, 3.05) is 38.0 Å². The molecule has 1 aliphatic rings. The second-order valence-electron chi connectivity index (χ2n) is 5.51. The van der Waals surface area contributed by atoms with Gasteiger partial charge < -0.3 is 15.0 Å². The van der Waals surface area contributed by atoms with Gasteiger partial charge in [0.15, 0.2) is 0 Å². The summed E-state index contributed by atoms with van der Waals surface area (Å²) < 4.78 is 0. The quantitative estimate of drug-likeness (QED) is 0.863. The smallest absolute Gasteiger partial charge is 0.321 e. The van der Waals surface area contributed by atoms with E-state index in [1.165, 1.54) is 11.1 Å². The van der Waals surface area contributed by atoms with Crippen molar-refractivity contribution in [2.24, 2.45) is 0 Å². The second kappa shape index (κ2) is 7.22. The highest BCUT2D eigenvalue weighted by atomic mass is 16.2. The van der Waals surface area contributed by atoms with Crippen LogP contribution >= 0.6 is 0 Å². The van der Waals surface area contributed by atoms with Crippen molar-refractivity contribution in [3.63, 3.8) is 0 Å². The van der Waals surface area contributed by atoms with Crippen LogP contribution in [-0.4, -0.2) is 54.8 Å². The van der Waals surface area contributed by atoms with Gasteiger partial charge in [-0.2, -0.15) is 0 Å². The Morgan fingerprint density at radius 2 is 1.90 bits per heavy atom. The van der Waals surface area contributed by atoms with Crippen LogP contribution in [0.5, 0.6) is 0 Å². The van der Waals surface area contributed by atoms with Crippen LogP contribution in [-0.2, 0) is 4.79 Å². The molecule has 5 heteroatoms. The number of nitrogens with zero attached hydrogens (tertiary/aromatic N) is 2. The molecule has 0 aliphatic carbocycles. The summed E-state index contributed by atoms with van der Waals surface area (Å²) in [5.74, 6) is 0. The third kappa shape index (κ3) is 4.29. The number of aldehydes is 1. The average molecular weight is 289 g/mol. The minimum Gasteiger partial charge on any atom is -0.322 e. The number of aryl methyl sites for hydroxylation is 2. The maximum Gasteiger partial charge on any atom is 0.321 e. The Morgan fingerprint density at radius 3 is 2.52 bits per heavy atom. The lowest BCUT2D eigenvalue weighted by Gasteiger charge is -2.34. The number of benzene rings is 1.